The molecular weight excluding hydrogens is 314 g/mol. The second-order valence-corrected chi connectivity index (χ2v) is 8.91. The summed E-state index contributed by atoms with van der Waals surface area (Å²) in [6.45, 7) is 3.27. The van der Waals surface area contributed by atoms with Crippen LogP contribution in [0.3, 0.4) is 0 Å². The van der Waals surface area contributed by atoms with Crippen LogP contribution < -0.4 is 0 Å². The van der Waals surface area contributed by atoms with Gasteiger partial charge in [-0.15, -0.1) is 0 Å². The van der Waals surface area contributed by atoms with Crippen molar-refractivity contribution >= 4 is 15.7 Å². The van der Waals surface area contributed by atoms with Gasteiger partial charge in [-0.2, -0.15) is 0 Å². The Labute approximate surface area is 137 Å². The third-order valence-electron chi connectivity index (χ3n) is 4.62. The van der Waals surface area contributed by atoms with Crippen LogP contribution >= 0.6 is 0 Å². The van der Waals surface area contributed by atoms with Crippen LogP contribution in [0.1, 0.15) is 18.4 Å². The van der Waals surface area contributed by atoms with Crippen molar-refractivity contribution in [2.75, 3.05) is 31.6 Å². The molecular formula is C16H23N3O3S. The lowest BCUT2D eigenvalue weighted by atomic mass is 9.95. The number of piperidine rings is 1. The quantitative estimate of drug-likeness (QED) is 0.802. The van der Waals surface area contributed by atoms with E-state index in [9.17, 15) is 13.2 Å². The van der Waals surface area contributed by atoms with Gasteiger partial charge in [0.2, 0.25) is 5.91 Å². The first-order chi connectivity index (χ1) is 10.9. The van der Waals surface area contributed by atoms with Crippen molar-refractivity contribution in [1.29, 1.82) is 0 Å². The summed E-state index contributed by atoms with van der Waals surface area (Å²) in [5.41, 5.74) is 1.17. The summed E-state index contributed by atoms with van der Waals surface area (Å²) >= 11 is 0. The van der Waals surface area contributed by atoms with E-state index in [0.29, 0.717) is 12.5 Å². The van der Waals surface area contributed by atoms with E-state index in [2.05, 4.69) is 16.0 Å². The number of hydrogen-bond donors (Lipinski definition) is 0. The first-order valence-electron chi connectivity index (χ1n) is 7.99. The van der Waals surface area contributed by atoms with Crippen LogP contribution in [0.5, 0.6) is 0 Å². The topological polar surface area (TPSA) is 70.6 Å². The maximum atomic E-state index is 12.3. The predicted octanol–water partition coefficient (Wildman–Crippen LogP) is 0.549. The first kappa shape index (κ1) is 16.4. The highest BCUT2D eigenvalue weighted by Crippen LogP contribution is 2.29. The van der Waals surface area contributed by atoms with E-state index >= 15 is 0 Å². The van der Waals surface area contributed by atoms with Crippen molar-refractivity contribution < 1.29 is 13.2 Å². The Bertz CT molecular complexity index is 662. The number of carbonyl (C=O) groups is 1. The van der Waals surface area contributed by atoms with Gasteiger partial charge in [0.1, 0.15) is 5.75 Å². The van der Waals surface area contributed by atoms with Crippen molar-refractivity contribution in [3.05, 3.63) is 30.1 Å². The van der Waals surface area contributed by atoms with Crippen LogP contribution in [0, 0.1) is 5.92 Å². The summed E-state index contributed by atoms with van der Waals surface area (Å²) in [7, 11) is -3.28. The molecule has 3 fully saturated rings. The first-order valence-corrected chi connectivity index (χ1v) is 10.1. The van der Waals surface area contributed by atoms with Gasteiger partial charge in [-0.3, -0.25) is 14.7 Å². The molecule has 2 atom stereocenters. The fourth-order valence-electron chi connectivity index (χ4n) is 3.67. The van der Waals surface area contributed by atoms with Crippen molar-refractivity contribution in [2.24, 2.45) is 5.92 Å². The fourth-order valence-corrected chi connectivity index (χ4v) is 4.29. The van der Waals surface area contributed by atoms with Crippen LogP contribution in [-0.4, -0.2) is 66.8 Å². The molecule has 7 heteroatoms. The average Bonchev–Trinajstić information content (AvgIpc) is 2.77. The number of aromatic nitrogens is 1. The van der Waals surface area contributed by atoms with Gasteiger partial charge >= 0.3 is 0 Å². The SMILES string of the molecule is CS(=O)(=O)CC(=O)N1C[C@H]2CC[C@@H]1CN(Cc1cccnc1)C2. The van der Waals surface area contributed by atoms with Gasteiger partial charge in [-0.05, 0) is 30.4 Å². The molecule has 6 nitrogen and oxygen atoms in total. The zero-order valence-corrected chi connectivity index (χ0v) is 14.2. The third kappa shape index (κ3) is 4.29. The molecule has 0 unspecified atom stereocenters. The highest BCUT2D eigenvalue weighted by Gasteiger charge is 2.37. The molecule has 4 rings (SSSR count). The molecule has 126 valence electrons. The van der Waals surface area contributed by atoms with E-state index < -0.39 is 9.84 Å². The van der Waals surface area contributed by atoms with Crippen LogP contribution in [0.15, 0.2) is 24.5 Å². The van der Waals surface area contributed by atoms with Gasteiger partial charge in [0.25, 0.3) is 0 Å². The maximum Gasteiger partial charge on any atom is 0.238 e. The zero-order valence-electron chi connectivity index (χ0n) is 13.4. The highest BCUT2D eigenvalue weighted by atomic mass is 32.2. The number of rotatable bonds is 4. The normalized spacial score (nSPS) is 25.3. The smallest absolute Gasteiger partial charge is 0.238 e. The minimum Gasteiger partial charge on any atom is -0.337 e. The van der Waals surface area contributed by atoms with E-state index in [1.807, 2.05) is 12.3 Å². The van der Waals surface area contributed by atoms with E-state index in [-0.39, 0.29) is 17.7 Å². The molecule has 1 amide bonds. The number of nitrogens with zero attached hydrogens (tertiary/aromatic N) is 3. The lowest BCUT2D eigenvalue weighted by Crippen LogP contribution is -2.49. The van der Waals surface area contributed by atoms with Crippen LogP contribution in [0.4, 0.5) is 0 Å². The second-order valence-electron chi connectivity index (χ2n) is 6.77. The standard InChI is InChI=1S/C16H23N3O3S/c1-23(21,22)12-16(20)19-10-14-4-5-15(19)11-18(9-14)8-13-3-2-6-17-7-13/h2-3,6-7,14-15H,4-5,8-12H2,1H3/t14-,15+/m0/s1. The van der Waals surface area contributed by atoms with E-state index in [4.69, 9.17) is 0 Å². The summed E-state index contributed by atoms with van der Waals surface area (Å²) in [4.78, 5) is 20.7. The number of sulfone groups is 1. The van der Waals surface area contributed by atoms with Gasteiger partial charge < -0.3 is 4.90 Å². The molecule has 0 spiro atoms. The van der Waals surface area contributed by atoms with Gasteiger partial charge in [0.15, 0.2) is 9.84 Å². The molecule has 3 aliphatic rings. The lowest BCUT2D eigenvalue weighted by Gasteiger charge is -2.36. The van der Waals surface area contributed by atoms with Gasteiger partial charge in [0, 0.05) is 50.9 Å². The maximum absolute atomic E-state index is 12.3. The van der Waals surface area contributed by atoms with Gasteiger partial charge in [0.05, 0.1) is 0 Å². The van der Waals surface area contributed by atoms with Crippen LogP contribution in [-0.2, 0) is 21.2 Å². The average molecular weight is 337 g/mol. The van der Waals surface area contributed by atoms with E-state index in [1.165, 1.54) is 5.56 Å². The Kier molecular flexibility index (Phi) is 4.68. The van der Waals surface area contributed by atoms with Crippen molar-refractivity contribution in [3.8, 4) is 0 Å². The number of pyridine rings is 1. The molecule has 1 aromatic heterocycles. The van der Waals surface area contributed by atoms with Crippen LogP contribution in [0.2, 0.25) is 0 Å². The Hall–Kier alpha value is -1.47. The van der Waals surface area contributed by atoms with E-state index in [0.717, 1.165) is 38.7 Å². The minimum absolute atomic E-state index is 0.125. The summed E-state index contributed by atoms with van der Waals surface area (Å²) in [5, 5.41) is 0. The number of hydrogen-bond acceptors (Lipinski definition) is 5. The Balaban J connectivity index is 1.69. The molecule has 4 heterocycles. The summed E-state index contributed by atoms with van der Waals surface area (Å²) < 4.78 is 22.8. The largest absolute Gasteiger partial charge is 0.337 e. The molecule has 3 aliphatic heterocycles. The number of amides is 1. The summed E-state index contributed by atoms with van der Waals surface area (Å²) in [6, 6.07) is 4.12. The lowest BCUT2D eigenvalue weighted by molar-refractivity contribution is -0.132. The number of fused-ring (bicyclic) bond motifs is 4. The Morgan fingerprint density at radius 1 is 1.30 bits per heavy atom. The predicted molar refractivity (Wildman–Crippen MR) is 87.4 cm³/mol. The molecule has 0 N–H and O–H groups in total. The molecule has 1 aromatic rings. The molecule has 0 radical (unpaired) electrons. The molecule has 0 saturated carbocycles. The molecule has 23 heavy (non-hydrogen) atoms. The Morgan fingerprint density at radius 2 is 2.13 bits per heavy atom. The van der Waals surface area contributed by atoms with E-state index in [1.54, 1.807) is 11.1 Å². The number of carbonyl (C=O) groups excluding carboxylic acids is 1. The summed E-state index contributed by atoms with van der Waals surface area (Å²) in [6.07, 6.45) is 6.83. The van der Waals surface area contributed by atoms with Crippen molar-refractivity contribution in [3.63, 3.8) is 0 Å². The van der Waals surface area contributed by atoms with Crippen LogP contribution in [0.25, 0.3) is 0 Å². The molecule has 0 aliphatic carbocycles. The minimum atomic E-state index is -3.28. The molecule has 3 saturated heterocycles. The zero-order chi connectivity index (χ0) is 16.4. The summed E-state index contributed by atoms with van der Waals surface area (Å²) in [5.74, 6) is -0.196. The van der Waals surface area contributed by atoms with Gasteiger partial charge in [-0.1, -0.05) is 6.07 Å². The Morgan fingerprint density at radius 3 is 2.83 bits per heavy atom. The molecule has 0 aromatic carbocycles. The third-order valence-corrected chi connectivity index (χ3v) is 5.40. The monoisotopic (exact) mass is 337 g/mol. The fraction of sp³-hybridized carbons (Fsp3) is 0.625. The highest BCUT2D eigenvalue weighted by molar-refractivity contribution is 7.91. The molecule has 2 bridgehead atoms. The van der Waals surface area contributed by atoms with Gasteiger partial charge in [-0.25, -0.2) is 8.42 Å². The van der Waals surface area contributed by atoms with Crippen molar-refractivity contribution in [1.82, 2.24) is 14.8 Å². The second kappa shape index (κ2) is 6.57. The van der Waals surface area contributed by atoms with Crippen molar-refractivity contribution in [2.45, 2.75) is 25.4 Å².